The number of rotatable bonds is 8. The fourth-order valence-corrected chi connectivity index (χ4v) is 2.05. The van der Waals surface area contributed by atoms with Crippen LogP contribution in [0.3, 0.4) is 0 Å². The molecule has 1 rings (SSSR count). The molecule has 118 valence electrons. The predicted molar refractivity (Wildman–Crippen MR) is 90.2 cm³/mol. The number of nitrogens with one attached hydrogen (secondary N) is 1. The highest BCUT2D eigenvalue weighted by atomic mass is 16.5. The van der Waals surface area contributed by atoms with Crippen LogP contribution in [-0.2, 0) is 5.41 Å². The van der Waals surface area contributed by atoms with E-state index >= 15 is 0 Å². The zero-order chi connectivity index (χ0) is 16.1. The Hall–Kier alpha value is -1.51. The molecule has 0 fully saturated rings. The van der Waals surface area contributed by atoms with Crippen LogP contribution in [-0.4, -0.2) is 12.4 Å². The summed E-state index contributed by atoms with van der Waals surface area (Å²) in [5, 5.41) is 7.53. The van der Waals surface area contributed by atoms with Gasteiger partial charge in [0.25, 0.3) is 0 Å². The van der Waals surface area contributed by atoms with E-state index in [-0.39, 0.29) is 16.7 Å². The van der Waals surface area contributed by atoms with E-state index < -0.39 is 0 Å². The first kappa shape index (κ1) is 17.5. The molecule has 1 aromatic rings. The predicted octanol–water partition coefficient (Wildman–Crippen LogP) is 4.50. The average Bonchev–Trinajstić information content (AvgIpc) is 2.44. The molecule has 1 aromatic carbocycles. The Morgan fingerprint density at radius 3 is 2.19 bits per heavy atom. The zero-order valence-corrected chi connectivity index (χ0v) is 14.1. The van der Waals surface area contributed by atoms with Crippen LogP contribution < -0.4 is 10.5 Å². The van der Waals surface area contributed by atoms with Gasteiger partial charge in [-0.05, 0) is 42.4 Å². The Morgan fingerprint density at radius 1 is 1.14 bits per heavy atom. The van der Waals surface area contributed by atoms with Crippen molar-refractivity contribution in [2.45, 2.75) is 59.3 Å². The van der Waals surface area contributed by atoms with Crippen molar-refractivity contribution in [2.75, 3.05) is 6.61 Å². The van der Waals surface area contributed by atoms with Crippen molar-refractivity contribution in [3.8, 4) is 5.75 Å². The maximum Gasteiger partial charge on any atom is 0.119 e. The van der Waals surface area contributed by atoms with Crippen LogP contribution in [0, 0.1) is 10.8 Å². The Balaban J connectivity index is 2.46. The summed E-state index contributed by atoms with van der Waals surface area (Å²) in [6.07, 6.45) is 2.88. The number of hydrogen-bond donors (Lipinski definition) is 2. The lowest BCUT2D eigenvalue weighted by atomic mass is 9.82. The smallest absolute Gasteiger partial charge is 0.119 e. The molecule has 0 radical (unpaired) electrons. The minimum absolute atomic E-state index is 0.212. The van der Waals surface area contributed by atoms with Gasteiger partial charge < -0.3 is 10.5 Å². The maximum absolute atomic E-state index is 7.53. The Bertz CT molecular complexity index is 461. The molecule has 0 aliphatic rings. The van der Waals surface area contributed by atoms with Gasteiger partial charge in [-0.15, -0.1) is 0 Å². The number of amidine groups is 1. The van der Waals surface area contributed by atoms with Crippen molar-refractivity contribution in [1.82, 2.24) is 0 Å². The fourth-order valence-electron chi connectivity index (χ4n) is 2.05. The molecule has 3 nitrogen and oxygen atoms in total. The molecule has 0 aliphatic carbocycles. The molecule has 3 heteroatoms. The van der Waals surface area contributed by atoms with Gasteiger partial charge in [-0.2, -0.15) is 0 Å². The van der Waals surface area contributed by atoms with E-state index in [0.29, 0.717) is 6.61 Å². The van der Waals surface area contributed by atoms with Crippen molar-refractivity contribution >= 4 is 5.84 Å². The Morgan fingerprint density at radius 2 is 1.71 bits per heavy atom. The van der Waals surface area contributed by atoms with Crippen molar-refractivity contribution in [2.24, 2.45) is 11.1 Å². The molecule has 0 unspecified atom stereocenters. The monoisotopic (exact) mass is 290 g/mol. The molecule has 0 saturated heterocycles. The van der Waals surface area contributed by atoms with E-state index in [1.807, 2.05) is 26.0 Å². The zero-order valence-electron chi connectivity index (χ0n) is 14.1. The first-order valence-electron chi connectivity index (χ1n) is 7.77. The van der Waals surface area contributed by atoms with E-state index in [1.165, 1.54) is 5.56 Å². The van der Waals surface area contributed by atoms with Gasteiger partial charge in [0.2, 0.25) is 0 Å². The highest BCUT2D eigenvalue weighted by Crippen LogP contribution is 2.28. The molecule has 0 heterocycles. The van der Waals surface area contributed by atoms with Gasteiger partial charge in [-0.1, -0.05) is 46.8 Å². The van der Waals surface area contributed by atoms with Crippen LogP contribution in [0.25, 0.3) is 0 Å². The minimum Gasteiger partial charge on any atom is -0.494 e. The lowest BCUT2D eigenvalue weighted by Crippen LogP contribution is -2.31. The number of nitrogens with two attached hydrogens (primary N) is 1. The fraction of sp³-hybridized carbons (Fsp3) is 0.611. The third-order valence-corrected chi connectivity index (χ3v) is 4.46. The third-order valence-electron chi connectivity index (χ3n) is 4.46. The van der Waals surface area contributed by atoms with E-state index in [4.69, 9.17) is 15.9 Å². The topological polar surface area (TPSA) is 59.1 Å². The first-order chi connectivity index (χ1) is 9.69. The molecule has 0 spiro atoms. The molecule has 0 bridgehead atoms. The summed E-state index contributed by atoms with van der Waals surface area (Å²) in [5.74, 6) is 1.15. The van der Waals surface area contributed by atoms with Gasteiger partial charge in [0.15, 0.2) is 0 Å². The lowest BCUT2D eigenvalue weighted by molar-refractivity contribution is 0.286. The highest BCUT2D eigenvalue weighted by molar-refractivity contribution is 5.82. The van der Waals surface area contributed by atoms with Crippen LogP contribution in [0.1, 0.15) is 59.4 Å². The van der Waals surface area contributed by atoms with Gasteiger partial charge in [0, 0.05) is 5.41 Å². The molecule has 0 amide bonds. The van der Waals surface area contributed by atoms with E-state index in [9.17, 15) is 0 Å². The molecule has 0 aromatic heterocycles. The molecule has 0 aliphatic heterocycles. The van der Waals surface area contributed by atoms with E-state index in [0.717, 1.165) is 25.0 Å². The van der Waals surface area contributed by atoms with Crippen molar-refractivity contribution in [1.29, 1.82) is 5.41 Å². The summed E-state index contributed by atoms with van der Waals surface area (Å²) >= 11 is 0. The lowest BCUT2D eigenvalue weighted by Gasteiger charge is -2.24. The Kier molecular flexibility index (Phi) is 5.82. The normalized spacial score (nSPS) is 12.2. The molecule has 3 N–H and O–H groups in total. The van der Waals surface area contributed by atoms with Gasteiger partial charge in [-0.25, -0.2) is 0 Å². The second-order valence-corrected chi connectivity index (χ2v) is 7.01. The average molecular weight is 290 g/mol. The first-order valence-corrected chi connectivity index (χ1v) is 7.77. The second kappa shape index (κ2) is 6.97. The van der Waals surface area contributed by atoms with Gasteiger partial charge >= 0.3 is 0 Å². The minimum atomic E-state index is -0.238. The standard InChI is InChI=1S/C18H30N2O/c1-6-17(2,3)14-8-10-15(11-9-14)21-13-7-12-18(4,5)16(19)20/h8-11H,6-7,12-13H2,1-5H3,(H3,19,20). The third kappa shape index (κ3) is 5.07. The van der Waals surface area contributed by atoms with Crippen LogP contribution in [0.4, 0.5) is 0 Å². The van der Waals surface area contributed by atoms with Crippen LogP contribution >= 0.6 is 0 Å². The van der Waals surface area contributed by atoms with Crippen LogP contribution in [0.15, 0.2) is 24.3 Å². The quantitative estimate of drug-likeness (QED) is 0.421. The van der Waals surface area contributed by atoms with Crippen molar-refractivity contribution in [3.63, 3.8) is 0 Å². The second-order valence-electron chi connectivity index (χ2n) is 7.01. The molecular formula is C18H30N2O. The number of hydrogen-bond acceptors (Lipinski definition) is 2. The molecular weight excluding hydrogens is 260 g/mol. The van der Waals surface area contributed by atoms with Gasteiger partial charge in [0.05, 0.1) is 12.4 Å². The summed E-state index contributed by atoms with van der Waals surface area (Å²) < 4.78 is 5.77. The van der Waals surface area contributed by atoms with Crippen LogP contribution in [0.2, 0.25) is 0 Å². The summed E-state index contributed by atoms with van der Waals surface area (Å²) in [6.45, 7) is 11.4. The Labute approximate surface area is 129 Å². The summed E-state index contributed by atoms with van der Waals surface area (Å²) in [4.78, 5) is 0. The van der Waals surface area contributed by atoms with Crippen molar-refractivity contribution in [3.05, 3.63) is 29.8 Å². The number of ether oxygens (including phenoxy) is 1. The summed E-state index contributed by atoms with van der Waals surface area (Å²) in [5.41, 5.74) is 6.89. The highest BCUT2D eigenvalue weighted by Gasteiger charge is 2.21. The van der Waals surface area contributed by atoms with E-state index in [1.54, 1.807) is 0 Å². The van der Waals surface area contributed by atoms with Crippen molar-refractivity contribution < 1.29 is 4.74 Å². The summed E-state index contributed by atoms with van der Waals surface area (Å²) in [6, 6.07) is 8.39. The SMILES string of the molecule is CCC(C)(C)c1ccc(OCCCC(C)(C)C(=N)N)cc1. The summed E-state index contributed by atoms with van der Waals surface area (Å²) in [7, 11) is 0. The van der Waals surface area contributed by atoms with Gasteiger partial charge in [0.1, 0.15) is 5.75 Å². The van der Waals surface area contributed by atoms with Gasteiger partial charge in [-0.3, -0.25) is 5.41 Å². The molecule has 21 heavy (non-hydrogen) atoms. The van der Waals surface area contributed by atoms with Crippen LogP contribution in [0.5, 0.6) is 5.75 Å². The largest absolute Gasteiger partial charge is 0.494 e. The molecule has 0 atom stereocenters. The maximum atomic E-state index is 7.53. The number of benzene rings is 1. The van der Waals surface area contributed by atoms with E-state index in [2.05, 4.69) is 32.9 Å². The molecule has 0 saturated carbocycles.